The molecule has 5 nitrogen and oxygen atoms in total. The molecule has 23 heavy (non-hydrogen) atoms. The van der Waals surface area contributed by atoms with Crippen molar-refractivity contribution in [3.8, 4) is 11.4 Å². The average molecular weight is 328 g/mol. The molecule has 1 aliphatic carbocycles. The second-order valence-corrected chi connectivity index (χ2v) is 7.48. The van der Waals surface area contributed by atoms with Crippen LogP contribution in [-0.4, -0.2) is 40.1 Å². The van der Waals surface area contributed by atoms with Gasteiger partial charge in [-0.2, -0.15) is 9.97 Å². The van der Waals surface area contributed by atoms with Gasteiger partial charge in [0.25, 0.3) is 0 Å². The maximum Gasteiger partial charge on any atom is 0.229 e. The summed E-state index contributed by atoms with van der Waals surface area (Å²) in [5, 5.41) is 3.52. The fourth-order valence-corrected chi connectivity index (χ4v) is 3.73. The fourth-order valence-electron chi connectivity index (χ4n) is 3.55. The number of halogens is 1. The molecule has 2 unspecified atom stereocenters. The summed E-state index contributed by atoms with van der Waals surface area (Å²) >= 11 is 6.60. The molecule has 1 saturated carbocycles. The van der Waals surface area contributed by atoms with Gasteiger partial charge in [0.15, 0.2) is 11.6 Å². The van der Waals surface area contributed by atoms with Gasteiger partial charge < -0.3 is 10.2 Å². The quantitative estimate of drug-likeness (QED) is 0.877. The van der Waals surface area contributed by atoms with Gasteiger partial charge in [-0.05, 0) is 19.3 Å². The van der Waals surface area contributed by atoms with Crippen LogP contribution in [0.15, 0.2) is 30.3 Å². The minimum atomic E-state index is -0.377. The molecule has 1 aromatic heterocycles. The highest BCUT2D eigenvalue weighted by molar-refractivity contribution is 6.25. The van der Waals surface area contributed by atoms with Crippen LogP contribution in [0.25, 0.3) is 11.4 Å². The number of benzene rings is 1. The Morgan fingerprint density at radius 2 is 1.96 bits per heavy atom. The summed E-state index contributed by atoms with van der Waals surface area (Å²) in [5.41, 5.74) is 1.01. The van der Waals surface area contributed by atoms with Crippen molar-refractivity contribution in [1.82, 2.24) is 20.3 Å². The molecule has 1 aromatic carbocycles. The van der Waals surface area contributed by atoms with Gasteiger partial charge in [-0.25, -0.2) is 4.98 Å². The molecule has 118 valence electrons. The molecule has 5 rings (SSSR count). The first-order valence-electron chi connectivity index (χ1n) is 8.22. The Morgan fingerprint density at radius 1 is 1.13 bits per heavy atom. The van der Waals surface area contributed by atoms with Crippen molar-refractivity contribution in [2.45, 2.75) is 36.2 Å². The lowest BCUT2D eigenvalue weighted by molar-refractivity contribution is 0.569. The van der Waals surface area contributed by atoms with Crippen LogP contribution < -0.4 is 10.2 Å². The van der Waals surface area contributed by atoms with E-state index < -0.39 is 0 Å². The van der Waals surface area contributed by atoms with Crippen molar-refractivity contribution >= 4 is 17.5 Å². The lowest BCUT2D eigenvalue weighted by Crippen LogP contribution is -2.44. The molecule has 0 spiro atoms. The van der Waals surface area contributed by atoms with E-state index in [9.17, 15) is 0 Å². The smallest absolute Gasteiger partial charge is 0.229 e. The standard InChI is InChI=1S/C17H18ClN5/c18-17(6-7-17)15-20-14(11-4-2-1-3-5-11)21-16(22-15)23-10-12-8-13(23)9-19-12/h1-5,12-13,19H,6-10H2. The van der Waals surface area contributed by atoms with E-state index in [1.165, 1.54) is 6.42 Å². The highest BCUT2D eigenvalue weighted by atomic mass is 35.5. The maximum absolute atomic E-state index is 6.60. The monoisotopic (exact) mass is 327 g/mol. The molecule has 3 fully saturated rings. The number of nitrogens with zero attached hydrogens (tertiary/aromatic N) is 4. The Kier molecular flexibility index (Phi) is 2.91. The van der Waals surface area contributed by atoms with E-state index in [1.54, 1.807) is 0 Å². The first-order valence-corrected chi connectivity index (χ1v) is 8.60. The van der Waals surface area contributed by atoms with Crippen LogP contribution in [0.5, 0.6) is 0 Å². The topological polar surface area (TPSA) is 53.9 Å². The van der Waals surface area contributed by atoms with Crippen LogP contribution in [0.2, 0.25) is 0 Å². The second kappa shape index (κ2) is 4.89. The van der Waals surface area contributed by atoms with Crippen LogP contribution in [0.3, 0.4) is 0 Å². The van der Waals surface area contributed by atoms with Crippen molar-refractivity contribution in [3.63, 3.8) is 0 Å². The fraction of sp³-hybridized carbons (Fsp3) is 0.471. The highest BCUT2D eigenvalue weighted by Gasteiger charge is 2.47. The summed E-state index contributed by atoms with van der Waals surface area (Å²) in [6.45, 7) is 1.98. The number of aromatic nitrogens is 3. The second-order valence-electron chi connectivity index (χ2n) is 6.76. The average Bonchev–Trinajstić information content (AvgIpc) is 3.04. The summed E-state index contributed by atoms with van der Waals surface area (Å²) in [6.07, 6.45) is 3.06. The minimum Gasteiger partial charge on any atom is -0.335 e. The van der Waals surface area contributed by atoms with Gasteiger partial charge in [0, 0.05) is 30.7 Å². The van der Waals surface area contributed by atoms with E-state index in [2.05, 4.69) is 15.2 Å². The van der Waals surface area contributed by atoms with Crippen molar-refractivity contribution in [1.29, 1.82) is 0 Å². The van der Waals surface area contributed by atoms with Crippen LogP contribution in [0.1, 0.15) is 25.1 Å². The molecule has 0 amide bonds. The molecule has 6 heteroatoms. The van der Waals surface area contributed by atoms with Crippen LogP contribution in [-0.2, 0) is 4.87 Å². The van der Waals surface area contributed by atoms with Gasteiger partial charge >= 0.3 is 0 Å². The molecular weight excluding hydrogens is 310 g/mol. The van der Waals surface area contributed by atoms with E-state index >= 15 is 0 Å². The largest absolute Gasteiger partial charge is 0.335 e. The summed E-state index contributed by atoms with van der Waals surface area (Å²) in [4.78, 5) is 16.1. The Morgan fingerprint density at radius 3 is 2.61 bits per heavy atom. The van der Waals surface area contributed by atoms with Gasteiger partial charge in [-0.15, -0.1) is 11.6 Å². The SMILES string of the molecule is ClC1(c2nc(-c3ccccc3)nc(N3CC4CC3CN4)n2)CC1. The van der Waals surface area contributed by atoms with Gasteiger partial charge in [-0.1, -0.05) is 30.3 Å². The van der Waals surface area contributed by atoms with Gasteiger partial charge in [0.1, 0.15) is 4.87 Å². The number of hydrogen-bond donors (Lipinski definition) is 1. The normalized spacial score (nSPS) is 27.4. The third kappa shape index (κ3) is 2.30. The lowest BCUT2D eigenvalue weighted by atomic mass is 10.2. The molecule has 1 N–H and O–H groups in total. The number of anilines is 1. The summed E-state index contributed by atoms with van der Waals surface area (Å²) in [6, 6.07) is 11.1. The molecule has 2 bridgehead atoms. The van der Waals surface area contributed by atoms with Crippen LogP contribution in [0.4, 0.5) is 5.95 Å². The molecule has 0 radical (unpaired) electrons. The zero-order chi connectivity index (χ0) is 15.4. The van der Waals surface area contributed by atoms with Crippen molar-refractivity contribution in [3.05, 3.63) is 36.2 Å². The van der Waals surface area contributed by atoms with Crippen molar-refractivity contribution in [2.75, 3.05) is 18.0 Å². The maximum atomic E-state index is 6.60. The first-order chi connectivity index (χ1) is 11.2. The number of rotatable bonds is 3. The van der Waals surface area contributed by atoms with Gasteiger partial charge in [-0.3, -0.25) is 0 Å². The summed E-state index contributed by atoms with van der Waals surface area (Å²) < 4.78 is 0. The molecule has 3 aliphatic rings. The molecule has 3 heterocycles. The van der Waals surface area contributed by atoms with E-state index in [4.69, 9.17) is 21.6 Å². The third-order valence-electron chi connectivity index (χ3n) is 5.06. The van der Waals surface area contributed by atoms with Crippen LogP contribution >= 0.6 is 11.6 Å². The highest BCUT2D eigenvalue weighted by Crippen LogP contribution is 2.51. The third-order valence-corrected chi connectivity index (χ3v) is 5.61. The number of fused-ring (bicyclic) bond motifs is 2. The zero-order valence-corrected chi connectivity index (χ0v) is 13.5. The molecule has 2 atom stereocenters. The van der Waals surface area contributed by atoms with Crippen LogP contribution in [0, 0.1) is 0 Å². The van der Waals surface area contributed by atoms with Crippen molar-refractivity contribution in [2.24, 2.45) is 0 Å². The minimum absolute atomic E-state index is 0.377. The Hall–Kier alpha value is -1.72. The predicted octanol–water partition coefficient (Wildman–Crippen LogP) is 2.32. The number of nitrogens with one attached hydrogen (secondary N) is 1. The lowest BCUT2D eigenvalue weighted by Gasteiger charge is -2.28. The Balaban J connectivity index is 1.60. The Labute approximate surface area is 140 Å². The predicted molar refractivity (Wildman–Crippen MR) is 89.6 cm³/mol. The summed E-state index contributed by atoms with van der Waals surface area (Å²) in [5.74, 6) is 2.25. The summed E-state index contributed by atoms with van der Waals surface area (Å²) in [7, 11) is 0. The molecule has 2 aliphatic heterocycles. The number of hydrogen-bond acceptors (Lipinski definition) is 5. The number of piperazine rings is 1. The first kappa shape index (κ1) is 13.7. The Bertz CT molecular complexity index is 746. The molecule has 2 aromatic rings. The van der Waals surface area contributed by atoms with E-state index in [0.29, 0.717) is 12.1 Å². The number of alkyl halides is 1. The zero-order valence-electron chi connectivity index (χ0n) is 12.7. The van der Waals surface area contributed by atoms with Crippen molar-refractivity contribution < 1.29 is 0 Å². The van der Waals surface area contributed by atoms with E-state index in [1.807, 2.05) is 30.3 Å². The van der Waals surface area contributed by atoms with Gasteiger partial charge in [0.05, 0.1) is 0 Å². The van der Waals surface area contributed by atoms with E-state index in [-0.39, 0.29) is 4.87 Å². The van der Waals surface area contributed by atoms with Gasteiger partial charge in [0.2, 0.25) is 5.95 Å². The van der Waals surface area contributed by atoms with E-state index in [0.717, 1.165) is 49.1 Å². The molecule has 2 saturated heterocycles. The molecular formula is C17H18ClN5.